The van der Waals surface area contributed by atoms with Gasteiger partial charge < -0.3 is 0 Å². The van der Waals surface area contributed by atoms with E-state index in [1.54, 1.807) is 0 Å². The molecule has 1 rings (SSSR count). The molecule has 0 saturated carbocycles. The van der Waals surface area contributed by atoms with Gasteiger partial charge in [0.15, 0.2) is 0 Å². The third-order valence-corrected chi connectivity index (χ3v) is 1.03. The van der Waals surface area contributed by atoms with Gasteiger partial charge in [0.2, 0.25) is 0 Å². The summed E-state index contributed by atoms with van der Waals surface area (Å²) in [6.07, 6.45) is 4.31. The Morgan fingerprint density at radius 1 is 1.33 bits per heavy atom. The highest BCUT2D eigenvalue weighted by Crippen LogP contribution is 2.27. The molecule has 0 amide bonds. The molecule has 1 aliphatic rings. The van der Waals surface area contributed by atoms with E-state index in [-0.39, 0.29) is 0 Å². The first-order chi connectivity index (χ1) is 2.80. The molecule has 1 radical (unpaired) electrons. The van der Waals surface area contributed by atoms with Crippen molar-refractivity contribution in [2.24, 2.45) is 5.92 Å². The lowest BCUT2D eigenvalue weighted by Gasteiger charge is -1.94. The summed E-state index contributed by atoms with van der Waals surface area (Å²) < 4.78 is 0. The second-order valence-corrected chi connectivity index (χ2v) is 1.99. The fourth-order valence-electron chi connectivity index (χ4n) is 0.433. The Kier molecular flexibility index (Phi) is 0.722. The normalized spacial score (nSPS) is 19.8. The van der Waals surface area contributed by atoms with Gasteiger partial charge in [-0.15, -0.1) is 0 Å². The summed E-state index contributed by atoms with van der Waals surface area (Å²) >= 11 is 0. The maximum absolute atomic E-state index is 2.20. The summed E-state index contributed by atoms with van der Waals surface area (Å²) in [5.41, 5.74) is 0. The van der Waals surface area contributed by atoms with Crippen LogP contribution in [0.3, 0.4) is 0 Å². The predicted octanol–water partition coefficient (Wildman–Crippen LogP) is 1.79. The van der Waals surface area contributed by atoms with Crippen molar-refractivity contribution in [1.82, 2.24) is 0 Å². The largest absolute Gasteiger partial charge is 0.0762 e. The molecule has 0 spiro atoms. The van der Waals surface area contributed by atoms with Gasteiger partial charge in [-0.25, -0.2) is 0 Å². The van der Waals surface area contributed by atoms with Crippen LogP contribution in [0.5, 0.6) is 0 Å². The SMILES string of the molecule is CC(C)[C]1C=C1. The van der Waals surface area contributed by atoms with Gasteiger partial charge in [0.1, 0.15) is 0 Å². The minimum absolute atomic E-state index is 0.769. The van der Waals surface area contributed by atoms with Crippen LogP contribution in [0.2, 0.25) is 0 Å². The molecule has 33 valence electrons. The lowest BCUT2D eigenvalue weighted by Crippen LogP contribution is -1.85. The van der Waals surface area contributed by atoms with Crippen molar-refractivity contribution in [3.63, 3.8) is 0 Å². The molecule has 0 saturated heterocycles. The summed E-state index contributed by atoms with van der Waals surface area (Å²) in [5.74, 6) is 2.28. The molecule has 1 aliphatic carbocycles. The zero-order valence-corrected chi connectivity index (χ0v) is 4.23. The van der Waals surface area contributed by atoms with Crippen molar-refractivity contribution < 1.29 is 0 Å². The minimum Gasteiger partial charge on any atom is -0.0762 e. The van der Waals surface area contributed by atoms with Crippen LogP contribution >= 0.6 is 0 Å². The van der Waals surface area contributed by atoms with Crippen molar-refractivity contribution >= 4 is 0 Å². The molecular formula is C6H9. The monoisotopic (exact) mass is 81.1 g/mol. The first-order valence-corrected chi connectivity index (χ1v) is 2.35. The summed E-state index contributed by atoms with van der Waals surface area (Å²) in [4.78, 5) is 0. The predicted molar refractivity (Wildman–Crippen MR) is 27.2 cm³/mol. The molecule has 0 fully saturated rings. The first-order valence-electron chi connectivity index (χ1n) is 2.35. The standard InChI is InChI=1S/C6H9/c1-5(2)6-3-4-6/h3-5H,1-2H3. The second-order valence-electron chi connectivity index (χ2n) is 1.99. The molecule has 0 aromatic carbocycles. The molecule has 0 aliphatic heterocycles. The Morgan fingerprint density at radius 2 is 1.83 bits per heavy atom. The Bertz CT molecular complexity index is 64.1. The quantitative estimate of drug-likeness (QED) is 0.451. The molecule has 0 bridgehead atoms. The highest BCUT2D eigenvalue weighted by molar-refractivity contribution is 5.39. The Morgan fingerprint density at radius 3 is 1.83 bits per heavy atom. The van der Waals surface area contributed by atoms with Crippen LogP contribution in [0.25, 0.3) is 0 Å². The Balaban J connectivity index is 2.16. The van der Waals surface area contributed by atoms with E-state index in [9.17, 15) is 0 Å². The Hall–Kier alpha value is -0.260. The van der Waals surface area contributed by atoms with Gasteiger partial charge in [-0.3, -0.25) is 0 Å². The van der Waals surface area contributed by atoms with Crippen LogP contribution < -0.4 is 0 Å². The Labute approximate surface area is 38.9 Å². The van der Waals surface area contributed by atoms with Crippen LogP contribution in [0.15, 0.2) is 12.2 Å². The van der Waals surface area contributed by atoms with E-state index in [1.807, 2.05) is 0 Å². The average molecular weight is 81.1 g/mol. The number of allylic oxidation sites excluding steroid dienone is 2. The van der Waals surface area contributed by atoms with E-state index in [0.717, 1.165) is 5.92 Å². The van der Waals surface area contributed by atoms with E-state index < -0.39 is 0 Å². The summed E-state index contributed by atoms with van der Waals surface area (Å²) in [7, 11) is 0. The van der Waals surface area contributed by atoms with Crippen molar-refractivity contribution in [3.8, 4) is 0 Å². The smallest absolute Gasteiger partial charge is 0.0213 e. The topological polar surface area (TPSA) is 0 Å². The lowest BCUT2D eigenvalue weighted by molar-refractivity contribution is 0.761. The zero-order chi connectivity index (χ0) is 4.57. The molecule has 0 aromatic heterocycles. The molecule has 0 aromatic rings. The van der Waals surface area contributed by atoms with Gasteiger partial charge >= 0.3 is 0 Å². The molecule has 6 heavy (non-hydrogen) atoms. The average Bonchev–Trinajstić information content (AvgIpc) is 2.06. The van der Waals surface area contributed by atoms with Gasteiger partial charge in [-0.05, 0) is 5.92 Å². The molecule has 0 atom stereocenters. The highest BCUT2D eigenvalue weighted by atomic mass is 14.2. The summed E-state index contributed by atoms with van der Waals surface area (Å²) in [6, 6.07) is 0. The van der Waals surface area contributed by atoms with Gasteiger partial charge in [0, 0.05) is 5.92 Å². The maximum atomic E-state index is 2.20. The molecular weight excluding hydrogens is 72.1 g/mol. The summed E-state index contributed by atoms with van der Waals surface area (Å²) in [5, 5.41) is 0. The third-order valence-electron chi connectivity index (χ3n) is 1.03. The van der Waals surface area contributed by atoms with E-state index in [2.05, 4.69) is 26.0 Å². The van der Waals surface area contributed by atoms with Crippen molar-refractivity contribution in [3.05, 3.63) is 18.1 Å². The number of rotatable bonds is 1. The lowest BCUT2D eigenvalue weighted by atomic mass is 10.1. The summed E-state index contributed by atoms with van der Waals surface area (Å²) in [6.45, 7) is 4.41. The highest BCUT2D eigenvalue weighted by Gasteiger charge is 2.14. The van der Waals surface area contributed by atoms with Crippen LogP contribution in [-0.2, 0) is 0 Å². The molecule has 0 nitrogen and oxygen atoms in total. The van der Waals surface area contributed by atoms with Gasteiger partial charge in [0.05, 0.1) is 0 Å². The van der Waals surface area contributed by atoms with Gasteiger partial charge in [-0.2, -0.15) is 0 Å². The van der Waals surface area contributed by atoms with Crippen molar-refractivity contribution in [2.75, 3.05) is 0 Å². The van der Waals surface area contributed by atoms with Crippen LogP contribution in [0.1, 0.15) is 13.8 Å². The van der Waals surface area contributed by atoms with Gasteiger partial charge in [0.25, 0.3) is 0 Å². The van der Waals surface area contributed by atoms with Gasteiger partial charge in [-0.1, -0.05) is 26.0 Å². The van der Waals surface area contributed by atoms with Crippen LogP contribution in [0.4, 0.5) is 0 Å². The minimum atomic E-state index is 0.769. The number of hydrogen-bond acceptors (Lipinski definition) is 0. The van der Waals surface area contributed by atoms with Crippen LogP contribution in [0, 0.1) is 11.8 Å². The fraction of sp³-hybridized carbons (Fsp3) is 0.500. The van der Waals surface area contributed by atoms with Crippen LogP contribution in [-0.4, -0.2) is 0 Å². The van der Waals surface area contributed by atoms with E-state index in [1.165, 1.54) is 5.92 Å². The van der Waals surface area contributed by atoms with E-state index in [0.29, 0.717) is 0 Å². The molecule has 0 unspecified atom stereocenters. The van der Waals surface area contributed by atoms with E-state index in [4.69, 9.17) is 0 Å². The molecule has 0 N–H and O–H groups in total. The van der Waals surface area contributed by atoms with Crippen molar-refractivity contribution in [2.45, 2.75) is 13.8 Å². The number of hydrogen-bond donors (Lipinski definition) is 0. The first kappa shape index (κ1) is 3.91. The zero-order valence-electron chi connectivity index (χ0n) is 4.23. The van der Waals surface area contributed by atoms with E-state index >= 15 is 0 Å². The molecule has 0 heterocycles. The van der Waals surface area contributed by atoms with Crippen molar-refractivity contribution in [1.29, 1.82) is 0 Å². The fourth-order valence-corrected chi connectivity index (χ4v) is 0.433. The maximum Gasteiger partial charge on any atom is 0.0213 e. The molecule has 0 heteroatoms. The third kappa shape index (κ3) is 0.618. The second kappa shape index (κ2) is 1.11.